The maximum atomic E-state index is 12.2. The summed E-state index contributed by atoms with van der Waals surface area (Å²) in [5.74, 6) is -0.478. The first-order chi connectivity index (χ1) is 11.6. The fourth-order valence-corrected chi connectivity index (χ4v) is 2.71. The molecule has 4 heteroatoms. The van der Waals surface area contributed by atoms with Gasteiger partial charge >= 0.3 is 0 Å². The molecule has 0 bridgehead atoms. The van der Waals surface area contributed by atoms with E-state index in [1.807, 2.05) is 24.3 Å². The molecule has 0 N–H and O–H groups in total. The zero-order chi connectivity index (χ0) is 17.7. The van der Waals surface area contributed by atoms with E-state index in [0.717, 1.165) is 22.8 Å². The van der Waals surface area contributed by atoms with E-state index in [0.29, 0.717) is 17.7 Å². The van der Waals surface area contributed by atoms with Crippen molar-refractivity contribution in [3.8, 4) is 0 Å². The number of rotatable bonds is 4. The van der Waals surface area contributed by atoms with Crippen LogP contribution in [0.15, 0.2) is 30.3 Å². The predicted octanol–water partition coefficient (Wildman–Crippen LogP) is 4.06. The summed E-state index contributed by atoms with van der Waals surface area (Å²) in [6.07, 6.45) is 3.40. The second kappa shape index (κ2) is 8.06. The van der Waals surface area contributed by atoms with E-state index < -0.39 is 0 Å². The van der Waals surface area contributed by atoms with Crippen LogP contribution in [-0.2, 0) is 11.2 Å². The second-order valence-electron chi connectivity index (χ2n) is 5.91. The van der Waals surface area contributed by atoms with Crippen molar-refractivity contribution in [2.24, 2.45) is 0 Å². The molecule has 1 aliphatic rings. The minimum Gasteiger partial charge on any atom is -0.384 e. The number of benzene rings is 2. The summed E-state index contributed by atoms with van der Waals surface area (Å²) in [5.41, 5.74) is 2.29. The number of nitrogens with zero attached hydrogens (tertiary/aromatic N) is 1. The van der Waals surface area contributed by atoms with Crippen molar-refractivity contribution in [2.75, 3.05) is 20.8 Å². The molecule has 0 radical (unpaired) electrons. The molecule has 1 heterocycles. The molecule has 128 valence electrons. The molecule has 2 aromatic carbocycles. The standard InChI is InChI=1S/C16H15NO3.C4H10/c1-17-15(18)12-5-3-4-11-10(8-9-20-2)6-7-13(14(11)12)16(17)19;1-3-4-2/h3-7H,8-9H2,1-2H3;3-4H2,1-2H3. The van der Waals surface area contributed by atoms with Crippen LogP contribution in [0.5, 0.6) is 0 Å². The molecule has 4 nitrogen and oxygen atoms in total. The van der Waals surface area contributed by atoms with Crippen LogP contribution in [0.3, 0.4) is 0 Å². The molecule has 0 aliphatic carbocycles. The van der Waals surface area contributed by atoms with Crippen molar-refractivity contribution in [1.29, 1.82) is 0 Å². The van der Waals surface area contributed by atoms with Crippen molar-refractivity contribution < 1.29 is 14.3 Å². The maximum absolute atomic E-state index is 12.2. The Kier molecular flexibility index (Phi) is 6.10. The Labute approximate surface area is 143 Å². The van der Waals surface area contributed by atoms with Gasteiger partial charge in [0.2, 0.25) is 0 Å². The van der Waals surface area contributed by atoms with E-state index in [-0.39, 0.29) is 11.8 Å². The van der Waals surface area contributed by atoms with Gasteiger partial charge in [-0.05, 0) is 29.5 Å². The lowest BCUT2D eigenvalue weighted by atomic mass is 9.91. The number of imide groups is 1. The van der Waals surface area contributed by atoms with Gasteiger partial charge in [0.25, 0.3) is 11.8 Å². The summed E-state index contributed by atoms with van der Waals surface area (Å²) in [4.78, 5) is 25.6. The van der Waals surface area contributed by atoms with Gasteiger partial charge in [0.1, 0.15) is 0 Å². The van der Waals surface area contributed by atoms with E-state index in [9.17, 15) is 9.59 Å². The van der Waals surface area contributed by atoms with Gasteiger partial charge in [0, 0.05) is 30.7 Å². The molecule has 1 aliphatic heterocycles. The van der Waals surface area contributed by atoms with Gasteiger partial charge < -0.3 is 4.74 Å². The fourth-order valence-electron chi connectivity index (χ4n) is 2.71. The first-order valence-corrected chi connectivity index (χ1v) is 8.42. The molecule has 0 fully saturated rings. The van der Waals surface area contributed by atoms with E-state index in [1.165, 1.54) is 24.8 Å². The molecule has 0 spiro atoms. The molecule has 0 aromatic heterocycles. The minimum atomic E-state index is -0.239. The number of ether oxygens (including phenoxy) is 1. The first-order valence-electron chi connectivity index (χ1n) is 8.42. The Bertz CT molecular complexity index is 728. The minimum absolute atomic E-state index is 0.239. The summed E-state index contributed by atoms with van der Waals surface area (Å²) in [7, 11) is 3.18. The highest BCUT2D eigenvalue weighted by Crippen LogP contribution is 2.31. The number of unbranched alkanes of at least 4 members (excludes halogenated alkanes) is 1. The Balaban J connectivity index is 0.000000471. The van der Waals surface area contributed by atoms with Crippen molar-refractivity contribution in [3.63, 3.8) is 0 Å². The zero-order valence-corrected chi connectivity index (χ0v) is 14.9. The fraction of sp³-hybridized carbons (Fsp3) is 0.400. The maximum Gasteiger partial charge on any atom is 0.261 e. The van der Waals surface area contributed by atoms with Crippen molar-refractivity contribution in [2.45, 2.75) is 33.1 Å². The molecule has 0 unspecified atom stereocenters. The average molecular weight is 327 g/mol. The van der Waals surface area contributed by atoms with E-state index in [1.54, 1.807) is 13.2 Å². The van der Waals surface area contributed by atoms with Gasteiger partial charge in [-0.3, -0.25) is 14.5 Å². The Morgan fingerprint density at radius 1 is 0.958 bits per heavy atom. The third-order valence-corrected chi connectivity index (χ3v) is 4.28. The van der Waals surface area contributed by atoms with Gasteiger partial charge in [-0.2, -0.15) is 0 Å². The van der Waals surface area contributed by atoms with Crippen LogP contribution in [0.25, 0.3) is 10.8 Å². The summed E-state index contributed by atoms with van der Waals surface area (Å²) < 4.78 is 5.11. The lowest BCUT2D eigenvalue weighted by Crippen LogP contribution is -2.36. The number of methoxy groups -OCH3 is 1. The molecule has 2 amide bonds. The third kappa shape index (κ3) is 3.34. The molecule has 3 rings (SSSR count). The van der Waals surface area contributed by atoms with Crippen LogP contribution in [0.4, 0.5) is 0 Å². The smallest absolute Gasteiger partial charge is 0.261 e. The molecule has 0 saturated heterocycles. The average Bonchev–Trinajstić information content (AvgIpc) is 2.63. The van der Waals surface area contributed by atoms with Crippen molar-refractivity contribution >= 4 is 22.6 Å². The highest BCUT2D eigenvalue weighted by molar-refractivity contribution is 6.25. The van der Waals surface area contributed by atoms with Crippen LogP contribution in [-0.4, -0.2) is 37.5 Å². The monoisotopic (exact) mass is 327 g/mol. The van der Waals surface area contributed by atoms with Gasteiger partial charge in [0.15, 0.2) is 0 Å². The van der Waals surface area contributed by atoms with E-state index in [2.05, 4.69) is 13.8 Å². The van der Waals surface area contributed by atoms with E-state index >= 15 is 0 Å². The van der Waals surface area contributed by atoms with E-state index in [4.69, 9.17) is 4.74 Å². The van der Waals surface area contributed by atoms with Crippen molar-refractivity contribution in [3.05, 3.63) is 47.0 Å². The van der Waals surface area contributed by atoms with Gasteiger partial charge in [-0.15, -0.1) is 0 Å². The number of carbonyl (C=O) groups excluding carboxylic acids is 2. The highest BCUT2D eigenvalue weighted by Gasteiger charge is 2.30. The number of carbonyl (C=O) groups is 2. The van der Waals surface area contributed by atoms with Gasteiger partial charge in [-0.25, -0.2) is 0 Å². The predicted molar refractivity (Wildman–Crippen MR) is 96.5 cm³/mol. The van der Waals surface area contributed by atoms with Crippen LogP contribution in [0.1, 0.15) is 53.0 Å². The van der Waals surface area contributed by atoms with Crippen LogP contribution in [0, 0.1) is 0 Å². The van der Waals surface area contributed by atoms with Crippen LogP contribution < -0.4 is 0 Å². The third-order valence-electron chi connectivity index (χ3n) is 4.28. The molecule has 0 saturated carbocycles. The Morgan fingerprint density at radius 2 is 1.58 bits per heavy atom. The molecular formula is C20H25NO3. The van der Waals surface area contributed by atoms with Gasteiger partial charge in [-0.1, -0.05) is 44.9 Å². The zero-order valence-electron chi connectivity index (χ0n) is 14.9. The summed E-state index contributed by atoms with van der Waals surface area (Å²) >= 11 is 0. The number of hydrogen-bond acceptors (Lipinski definition) is 3. The van der Waals surface area contributed by atoms with Gasteiger partial charge in [0.05, 0.1) is 6.61 Å². The number of hydrogen-bond donors (Lipinski definition) is 0. The normalized spacial score (nSPS) is 13.1. The topological polar surface area (TPSA) is 46.6 Å². The van der Waals surface area contributed by atoms with Crippen molar-refractivity contribution in [1.82, 2.24) is 4.90 Å². The van der Waals surface area contributed by atoms with Crippen LogP contribution >= 0.6 is 0 Å². The summed E-state index contributed by atoms with van der Waals surface area (Å²) in [6, 6.07) is 9.35. The molecule has 24 heavy (non-hydrogen) atoms. The van der Waals surface area contributed by atoms with Crippen LogP contribution in [0.2, 0.25) is 0 Å². The molecule has 2 aromatic rings. The molecular weight excluding hydrogens is 302 g/mol. The lowest BCUT2D eigenvalue weighted by Gasteiger charge is -2.24. The quantitative estimate of drug-likeness (QED) is 0.796. The number of amides is 2. The SMILES string of the molecule is CCCC.COCCc1ccc2c3c(cccc13)C(=O)N(C)C2=O. The Hall–Kier alpha value is -2.20. The first kappa shape index (κ1) is 18.1. The largest absolute Gasteiger partial charge is 0.384 e. The summed E-state index contributed by atoms with van der Waals surface area (Å²) in [6.45, 7) is 4.97. The lowest BCUT2D eigenvalue weighted by molar-refractivity contribution is 0.0650. The second-order valence-corrected chi connectivity index (χ2v) is 5.91. The highest BCUT2D eigenvalue weighted by atomic mass is 16.5. The molecule has 0 atom stereocenters. The Morgan fingerprint density at radius 3 is 2.17 bits per heavy atom. The summed E-state index contributed by atoms with van der Waals surface area (Å²) in [5, 5.41) is 1.74.